The molecule has 1 heterocycles. The van der Waals surface area contributed by atoms with Gasteiger partial charge in [-0.15, -0.1) is 0 Å². The van der Waals surface area contributed by atoms with E-state index < -0.39 is 10.2 Å². The van der Waals surface area contributed by atoms with Crippen molar-refractivity contribution in [1.29, 1.82) is 0 Å². The lowest BCUT2D eigenvalue weighted by molar-refractivity contribution is 0.304. The first kappa shape index (κ1) is 11.3. The largest absolute Gasteiger partial charge is 0.328 e. The zero-order chi connectivity index (χ0) is 10.9. The van der Waals surface area contributed by atoms with Crippen LogP contribution in [0.4, 0.5) is 0 Å². The lowest BCUT2D eigenvalue weighted by Gasteiger charge is -2.33. The van der Waals surface area contributed by atoms with Gasteiger partial charge in [-0.3, -0.25) is 0 Å². The van der Waals surface area contributed by atoms with Gasteiger partial charge in [-0.05, 0) is 25.7 Å². The second-order valence-corrected chi connectivity index (χ2v) is 6.19. The lowest BCUT2D eigenvalue weighted by Crippen LogP contribution is -2.51. The Labute approximate surface area is 91.2 Å². The Morgan fingerprint density at radius 2 is 1.73 bits per heavy atom. The van der Waals surface area contributed by atoms with Gasteiger partial charge < -0.3 is 5.73 Å². The molecule has 0 radical (unpaired) electrons. The average Bonchev–Trinajstić information content (AvgIpc) is 2.13. The van der Waals surface area contributed by atoms with E-state index in [1.807, 2.05) is 0 Å². The molecule has 3 N–H and O–H groups in total. The van der Waals surface area contributed by atoms with Crippen molar-refractivity contribution in [3.8, 4) is 0 Å². The molecule has 0 atom stereocenters. The van der Waals surface area contributed by atoms with Crippen LogP contribution in [-0.2, 0) is 10.2 Å². The molecule has 2 rings (SSSR count). The van der Waals surface area contributed by atoms with E-state index in [9.17, 15) is 8.42 Å². The number of piperidine rings is 1. The molecule has 1 saturated carbocycles. The Kier molecular flexibility index (Phi) is 3.30. The zero-order valence-corrected chi connectivity index (χ0v) is 9.67. The van der Waals surface area contributed by atoms with Crippen LogP contribution in [0.1, 0.15) is 32.1 Å². The molecule has 0 spiro atoms. The van der Waals surface area contributed by atoms with E-state index in [1.165, 1.54) is 4.31 Å². The van der Waals surface area contributed by atoms with Crippen LogP contribution < -0.4 is 10.5 Å². The van der Waals surface area contributed by atoms with Crippen molar-refractivity contribution in [3.63, 3.8) is 0 Å². The van der Waals surface area contributed by atoms with Crippen molar-refractivity contribution in [3.05, 3.63) is 0 Å². The van der Waals surface area contributed by atoms with Crippen LogP contribution in [-0.4, -0.2) is 37.9 Å². The second-order valence-electron chi connectivity index (χ2n) is 4.49. The van der Waals surface area contributed by atoms with E-state index in [1.54, 1.807) is 0 Å². The molecular formula is C9H19N3O2S. The molecule has 2 fully saturated rings. The second kappa shape index (κ2) is 4.37. The third kappa shape index (κ3) is 2.69. The van der Waals surface area contributed by atoms with Gasteiger partial charge >= 0.3 is 0 Å². The summed E-state index contributed by atoms with van der Waals surface area (Å²) in [6.07, 6.45) is 4.63. The smallest absolute Gasteiger partial charge is 0.279 e. The fourth-order valence-corrected chi connectivity index (χ4v) is 3.42. The van der Waals surface area contributed by atoms with Crippen LogP contribution in [0, 0.1) is 0 Å². The molecule has 0 aromatic rings. The maximum atomic E-state index is 11.9. The summed E-state index contributed by atoms with van der Waals surface area (Å²) < 4.78 is 28.0. The minimum absolute atomic E-state index is 0.167. The molecule has 5 nitrogen and oxygen atoms in total. The molecule has 1 aliphatic heterocycles. The van der Waals surface area contributed by atoms with Crippen molar-refractivity contribution in [2.45, 2.75) is 44.2 Å². The van der Waals surface area contributed by atoms with Crippen LogP contribution in [0.5, 0.6) is 0 Å². The van der Waals surface area contributed by atoms with Crippen LogP contribution in [0.25, 0.3) is 0 Å². The molecule has 2 aliphatic rings. The number of nitrogens with zero attached hydrogens (tertiary/aromatic N) is 1. The Bertz CT molecular complexity index is 305. The summed E-state index contributed by atoms with van der Waals surface area (Å²) in [6, 6.07) is 0.339. The van der Waals surface area contributed by atoms with E-state index in [0.717, 1.165) is 32.1 Å². The fraction of sp³-hybridized carbons (Fsp3) is 1.00. The van der Waals surface area contributed by atoms with Crippen molar-refractivity contribution in [2.24, 2.45) is 5.73 Å². The number of hydrogen-bond donors (Lipinski definition) is 2. The summed E-state index contributed by atoms with van der Waals surface area (Å²) in [4.78, 5) is 0. The maximum Gasteiger partial charge on any atom is 0.279 e. The average molecular weight is 233 g/mol. The predicted molar refractivity (Wildman–Crippen MR) is 58.5 cm³/mol. The van der Waals surface area contributed by atoms with Crippen molar-refractivity contribution >= 4 is 10.2 Å². The molecule has 1 aliphatic carbocycles. The standard InChI is InChI=1S/C9H19N3O2S/c10-8-4-6-12(7-5-8)15(13,14)11-9-2-1-3-9/h8-9,11H,1-7,10H2. The first-order valence-electron chi connectivity index (χ1n) is 5.61. The first-order chi connectivity index (χ1) is 7.08. The van der Waals surface area contributed by atoms with Gasteiger partial charge in [-0.25, -0.2) is 0 Å². The number of hydrogen-bond acceptors (Lipinski definition) is 3. The van der Waals surface area contributed by atoms with Crippen molar-refractivity contribution < 1.29 is 8.42 Å². The molecule has 0 amide bonds. The summed E-state index contributed by atoms with van der Waals surface area (Å²) in [5, 5.41) is 0. The number of rotatable bonds is 3. The number of nitrogens with one attached hydrogen (secondary N) is 1. The topological polar surface area (TPSA) is 75.4 Å². The molecule has 0 bridgehead atoms. The Morgan fingerprint density at radius 3 is 2.20 bits per heavy atom. The van der Waals surface area contributed by atoms with E-state index in [2.05, 4.69) is 4.72 Å². The van der Waals surface area contributed by atoms with Gasteiger partial charge in [0.05, 0.1) is 0 Å². The molecule has 15 heavy (non-hydrogen) atoms. The molecule has 0 aromatic carbocycles. The lowest BCUT2D eigenvalue weighted by atomic mass is 9.94. The van der Waals surface area contributed by atoms with Gasteiger partial charge in [0, 0.05) is 25.2 Å². The molecule has 1 saturated heterocycles. The number of nitrogens with two attached hydrogens (primary N) is 1. The fourth-order valence-electron chi connectivity index (χ4n) is 1.93. The Morgan fingerprint density at radius 1 is 1.13 bits per heavy atom. The monoisotopic (exact) mass is 233 g/mol. The zero-order valence-electron chi connectivity index (χ0n) is 8.85. The SMILES string of the molecule is NC1CCN(S(=O)(=O)NC2CCC2)CC1. The van der Waals surface area contributed by atoms with E-state index in [0.29, 0.717) is 13.1 Å². The van der Waals surface area contributed by atoms with E-state index in [-0.39, 0.29) is 12.1 Å². The maximum absolute atomic E-state index is 11.9. The molecule has 88 valence electrons. The summed E-state index contributed by atoms with van der Waals surface area (Å²) in [5.41, 5.74) is 5.74. The molecule has 6 heteroatoms. The normalized spacial score (nSPS) is 26.5. The predicted octanol–water partition coefficient (Wildman–Crippen LogP) is -0.204. The summed E-state index contributed by atoms with van der Waals surface area (Å²) >= 11 is 0. The van der Waals surface area contributed by atoms with Crippen molar-refractivity contribution in [1.82, 2.24) is 9.03 Å². The Hall–Kier alpha value is -0.170. The summed E-state index contributed by atoms with van der Waals surface area (Å²) in [6.45, 7) is 1.12. The summed E-state index contributed by atoms with van der Waals surface area (Å²) in [7, 11) is -3.24. The van der Waals surface area contributed by atoms with Crippen LogP contribution in [0.2, 0.25) is 0 Å². The van der Waals surface area contributed by atoms with Gasteiger partial charge in [-0.1, -0.05) is 6.42 Å². The highest BCUT2D eigenvalue weighted by atomic mass is 32.2. The van der Waals surface area contributed by atoms with E-state index >= 15 is 0 Å². The molecular weight excluding hydrogens is 214 g/mol. The highest BCUT2D eigenvalue weighted by Crippen LogP contribution is 2.20. The summed E-state index contributed by atoms with van der Waals surface area (Å²) in [5.74, 6) is 0. The van der Waals surface area contributed by atoms with Crippen LogP contribution in [0.3, 0.4) is 0 Å². The molecule has 0 aromatic heterocycles. The highest BCUT2D eigenvalue weighted by molar-refractivity contribution is 7.87. The minimum atomic E-state index is -3.24. The van der Waals surface area contributed by atoms with Crippen LogP contribution in [0.15, 0.2) is 0 Å². The van der Waals surface area contributed by atoms with Crippen LogP contribution >= 0.6 is 0 Å². The van der Waals surface area contributed by atoms with Gasteiger partial charge in [0.25, 0.3) is 10.2 Å². The quantitative estimate of drug-likeness (QED) is 0.708. The Balaban J connectivity index is 1.90. The van der Waals surface area contributed by atoms with Gasteiger partial charge in [-0.2, -0.15) is 17.4 Å². The van der Waals surface area contributed by atoms with E-state index in [4.69, 9.17) is 5.73 Å². The first-order valence-corrected chi connectivity index (χ1v) is 7.05. The third-order valence-corrected chi connectivity index (χ3v) is 4.94. The third-order valence-electron chi connectivity index (χ3n) is 3.26. The van der Waals surface area contributed by atoms with Crippen molar-refractivity contribution in [2.75, 3.05) is 13.1 Å². The minimum Gasteiger partial charge on any atom is -0.328 e. The van der Waals surface area contributed by atoms with Gasteiger partial charge in [0.15, 0.2) is 0 Å². The van der Waals surface area contributed by atoms with Gasteiger partial charge in [0.1, 0.15) is 0 Å². The van der Waals surface area contributed by atoms with Gasteiger partial charge in [0.2, 0.25) is 0 Å². The molecule has 0 unspecified atom stereocenters. The highest BCUT2D eigenvalue weighted by Gasteiger charge is 2.30.